The van der Waals surface area contributed by atoms with Crippen LogP contribution >= 0.6 is 0 Å². The van der Waals surface area contributed by atoms with Crippen LogP contribution in [0.2, 0.25) is 0 Å². The van der Waals surface area contributed by atoms with Crippen LogP contribution < -0.4 is 10.2 Å². The molecule has 1 N–H and O–H groups in total. The van der Waals surface area contributed by atoms with Crippen LogP contribution in [0.1, 0.15) is 44.6 Å². The summed E-state index contributed by atoms with van der Waals surface area (Å²) in [5, 5.41) is 3.23. The van der Waals surface area contributed by atoms with Gasteiger partial charge < -0.3 is 5.32 Å². The molecule has 3 heteroatoms. The maximum Gasteiger partial charge on any atom is 0.322 e. The lowest BCUT2D eigenvalue weighted by molar-refractivity contribution is 0.237. The molecule has 1 aromatic carbocycles. The molecule has 0 unspecified atom stereocenters. The van der Waals surface area contributed by atoms with E-state index in [4.69, 9.17) is 0 Å². The Morgan fingerprint density at radius 2 is 1.84 bits per heavy atom. The SMILES string of the molecule is CCc1ccc(N2CC3(CCCCC3)NC2=O)cc1. The monoisotopic (exact) mass is 258 g/mol. The van der Waals surface area contributed by atoms with E-state index >= 15 is 0 Å². The first kappa shape index (κ1) is 12.5. The molecule has 1 spiro atoms. The lowest BCUT2D eigenvalue weighted by Gasteiger charge is -2.32. The highest BCUT2D eigenvalue weighted by Gasteiger charge is 2.43. The zero-order chi connectivity index (χ0) is 13.3. The molecular formula is C16H22N2O. The Hall–Kier alpha value is -1.51. The molecule has 1 aliphatic heterocycles. The van der Waals surface area contributed by atoms with E-state index < -0.39 is 0 Å². The Morgan fingerprint density at radius 3 is 2.47 bits per heavy atom. The highest BCUT2D eigenvalue weighted by atomic mass is 16.2. The molecule has 1 aliphatic carbocycles. The van der Waals surface area contributed by atoms with Crippen molar-refractivity contribution in [3.63, 3.8) is 0 Å². The number of rotatable bonds is 2. The second-order valence-electron chi connectivity index (χ2n) is 5.88. The van der Waals surface area contributed by atoms with Crippen molar-refractivity contribution in [2.45, 2.75) is 51.0 Å². The molecule has 0 aromatic heterocycles. The molecule has 3 rings (SSSR count). The topological polar surface area (TPSA) is 32.3 Å². The molecular weight excluding hydrogens is 236 g/mol. The van der Waals surface area contributed by atoms with Gasteiger partial charge >= 0.3 is 6.03 Å². The summed E-state index contributed by atoms with van der Waals surface area (Å²) in [5.41, 5.74) is 2.38. The Kier molecular flexibility index (Phi) is 3.21. The number of hydrogen-bond donors (Lipinski definition) is 1. The van der Waals surface area contributed by atoms with Crippen LogP contribution in [-0.4, -0.2) is 18.1 Å². The van der Waals surface area contributed by atoms with Crippen molar-refractivity contribution in [3.05, 3.63) is 29.8 Å². The van der Waals surface area contributed by atoms with E-state index in [1.807, 2.05) is 4.90 Å². The fraction of sp³-hybridized carbons (Fsp3) is 0.562. The molecule has 1 aromatic rings. The molecule has 0 radical (unpaired) electrons. The smallest absolute Gasteiger partial charge is 0.322 e. The van der Waals surface area contributed by atoms with Gasteiger partial charge in [-0.05, 0) is 37.0 Å². The Morgan fingerprint density at radius 1 is 1.16 bits per heavy atom. The van der Waals surface area contributed by atoms with E-state index in [-0.39, 0.29) is 11.6 Å². The average molecular weight is 258 g/mol. The van der Waals surface area contributed by atoms with Gasteiger partial charge in [-0.3, -0.25) is 4.90 Å². The maximum atomic E-state index is 12.2. The highest BCUT2D eigenvalue weighted by molar-refractivity contribution is 5.95. The minimum Gasteiger partial charge on any atom is -0.330 e. The molecule has 2 amide bonds. The number of urea groups is 1. The summed E-state index contributed by atoms with van der Waals surface area (Å²) in [5.74, 6) is 0. The summed E-state index contributed by atoms with van der Waals surface area (Å²) in [4.78, 5) is 14.1. The van der Waals surface area contributed by atoms with E-state index in [1.54, 1.807) is 0 Å². The number of carbonyl (C=O) groups is 1. The number of aryl methyl sites for hydroxylation is 1. The van der Waals surface area contributed by atoms with Crippen molar-refractivity contribution in [1.82, 2.24) is 5.32 Å². The third kappa shape index (κ3) is 2.34. The van der Waals surface area contributed by atoms with Gasteiger partial charge in [0.1, 0.15) is 0 Å². The summed E-state index contributed by atoms with van der Waals surface area (Å²) < 4.78 is 0. The zero-order valence-electron chi connectivity index (χ0n) is 11.6. The van der Waals surface area contributed by atoms with E-state index in [2.05, 4.69) is 36.5 Å². The number of amides is 2. The molecule has 1 saturated carbocycles. The average Bonchev–Trinajstić information content (AvgIpc) is 2.76. The van der Waals surface area contributed by atoms with Gasteiger partial charge in [-0.1, -0.05) is 38.3 Å². The van der Waals surface area contributed by atoms with E-state index in [0.29, 0.717) is 0 Å². The van der Waals surface area contributed by atoms with Gasteiger partial charge in [0.2, 0.25) is 0 Å². The molecule has 1 saturated heterocycles. The number of nitrogens with one attached hydrogen (secondary N) is 1. The first-order chi connectivity index (χ1) is 9.22. The third-order valence-corrected chi connectivity index (χ3v) is 4.54. The van der Waals surface area contributed by atoms with Crippen LogP contribution in [0.25, 0.3) is 0 Å². The molecule has 102 valence electrons. The fourth-order valence-electron chi connectivity index (χ4n) is 3.34. The quantitative estimate of drug-likeness (QED) is 0.865. The van der Waals surface area contributed by atoms with Gasteiger partial charge in [0.05, 0.1) is 12.1 Å². The Labute approximate surface area is 115 Å². The molecule has 3 nitrogen and oxygen atoms in total. The molecule has 1 heterocycles. The Bertz CT molecular complexity index is 460. The third-order valence-electron chi connectivity index (χ3n) is 4.54. The second kappa shape index (κ2) is 4.87. The number of carbonyl (C=O) groups excluding carboxylic acids is 1. The number of benzene rings is 1. The highest BCUT2D eigenvalue weighted by Crippen LogP contribution is 2.34. The largest absolute Gasteiger partial charge is 0.330 e. The molecule has 0 atom stereocenters. The van der Waals surface area contributed by atoms with Gasteiger partial charge in [-0.25, -0.2) is 4.79 Å². The van der Waals surface area contributed by atoms with E-state index in [0.717, 1.165) is 31.5 Å². The summed E-state index contributed by atoms with van der Waals surface area (Å²) in [6, 6.07) is 8.45. The van der Waals surface area contributed by atoms with Crippen molar-refractivity contribution >= 4 is 11.7 Å². The molecule has 2 aliphatic rings. The first-order valence-corrected chi connectivity index (χ1v) is 7.41. The fourth-order valence-corrected chi connectivity index (χ4v) is 3.34. The number of anilines is 1. The second-order valence-corrected chi connectivity index (χ2v) is 5.88. The van der Waals surface area contributed by atoms with Gasteiger partial charge in [0, 0.05) is 5.69 Å². The predicted molar refractivity (Wildman–Crippen MR) is 77.5 cm³/mol. The van der Waals surface area contributed by atoms with Gasteiger partial charge in [0.25, 0.3) is 0 Å². The van der Waals surface area contributed by atoms with E-state index in [9.17, 15) is 4.79 Å². The summed E-state index contributed by atoms with van der Waals surface area (Å²) in [6.45, 7) is 2.98. The minimum absolute atomic E-state index is 0.0404. The normalized spacial score (nSPS) is 21.7. The lowest BCUT2D eigenvalue weighted by atomic mass is 9.82. The first-order valence-electron chi connectivity index (χ1n) is 7.41. The van der Waals surface area contributed by atoms with E-state index in [1.165, 1.54) is 24.8 Å². The maximum absolute atomic E-state index is 12.2. The van der Waals surface area contributed by atoms with Gasteiger partial charge in [-0.2, -0.15) is 0 Å². The van der Waals surface area contributed by atoms with Crippen molar-refractivity contribution in [2.75, 3.05) is 11.4 Å². The Balaban J connectivity index is 1.79. The van der Waals surface area contributed by atoms with Crippen LogP contribution in [0.5, 0.6) is 0 Å². The van der Waals surface area contributed by atoms with Crippen LogP contribution in [0.3, 0.4) is 0 Å². The summed E-state index contributed by atoms with van der Waals surface area (Å²) in [7, 11) is 0. The van der Waals surface area contributed by atoms with Gasteiger partial charge in [-0.15, -0.1) is 0 Å². The van der Waals surface area contributed by atoms with Gasteiger partial charge in [0.15, 0.2) is 0 Å². The zero-order valence-corrected chi connectivity index (χ0v) is 11.6. The van der Waals surface area contributed by atoms with Crippen molar-refractivity contribution in [2.24, 2.45) is 0 Å². The molecule has 0 bridgehead atoms. The molecule has 2 fully saturated rings. The number of nitrogens with zero attached hydrogens (tertiary/aromatic N) is 1. The standard InChI is InChI=1S/C16H22N2O/c1-2-13-6-8-14(9-7-13)18-12-16(17-15(18)19)10-4-3-5-11-16/h6-9H,2-5,10-12H2,1H3,(H,17,19). The van der Waals surface area contributed by atoms with Crippen LogP contribution in [0.15, 0.2) is 24.3 Å². The van der Waals surface area contributed by atoms with Crippen molar-refractivity contribution in [3.8, 4) is 0 Å². The van der Waals surface area contributed by atoms with Crippen LogP contribution in [0.4, 0.5) is 10.5 Å². The number of hydrogen-bond acceptors (Lipinski definition) is 1. The summed E-state index contributed by atoms with van der Waals surface area (Å²) >= 11 is 0. The predicted octanol–water partition coefficient (Wildman–Crippen LogP) is 3.48. The minimum atomic E-state index is 0.0404. The van der Waals surface area contributed by atoms with Crippen molar-refractivity contribution in [1.29, 1.82) is 0 Å². The van der Waals surface area contributed by atoms with Crippen LogP contribution in [-0.2, 0) is 6.42 Å². The van der Waals surface area contributed by atoms with Crippen LogP contribution in [0, 0.1) is 0 Å². The summed E-state index contributed by atoms with van der Waals surface area (Å²) in [6.07, 6.45) is 7.08. The lowest BCUT2D eigenvalue weighted by Crippen LogP contribution is -2.44. The van der Waals surface area contributed by atoms with Crippen molar-refractivity contribution < 1.29 is 4.79 Å². The molecule has 19 heavy (non-hydrogen) atoms.